The summed E-state index contributed by atoms with van der Waals surface area (Å²) in [5, 5.41) is 3.42. The number of carbonyl (C=O) groups excluding carboxylic acids is 1. The Morgan fingerprint density at radius 1 is 1.13 bits per heavy atom. The fourth-order valence-electron chi connectivity index (χ4n) is 3.89. The van der Waals surface area contributed by atoms with Crippen LogP contribution < -0.4 is 5.32 Å². The van der Waals surface area contributed by atoms with E-state index in [-0.39, 0.29) is 5.82 Å². The molecule has 0 bridgehead atoms. The zero-order chi connectivity index (χ0) is 16.1. The molecule has 3 rings (SSSR count). The minimum Gasteiger partial charge on any atom is -0.339 e. The van der Waals surface area contributed by atoms with Gasteiger partial charge in [-0.1, -0.05) is 25.0 Å². The van der Waals surface area contributed by atoms with Crippen molar-refractivity contribution in [2.24, 2.45) is 0 Å². The van der Waals surface area contributed by atoms with E-state index < -0.39 is 0 Å². The van der Waals surface area contributed by atoms with Crippen molar-refractivity contribution in [3.63, 3.8) is 0 Å². The molecule has 1 saturated carbocycles. The van der Waals surface area contributed by atoms with E-state index in [0.29, 0.717) is 24.4 Å². The van der Waals surface area contributed by atoms with Crippen molar-refractivity contribution >= 4 is 5.91 Å². The lowest BCUT2D eigenvalue weighted by atomic mass is 10.1. The zero-order valence-electron chi connectivity index (χ0n) is 13.8. The summed E-state index contributed by atoms with van der Waals surface area (Å²) in [5.74, 6) is 0.0863. The van der Waals surface area contributed by atoms with E-state index in [1.165, 1.54) is 31.4 Å². The maximum absolute atomic E-state index is 13.0. The van der Waals surface area contributed by atoms with Gasteiger partial charge in [0.1, 0.15) is 5.82 Å². The second-order valence-electron chi connectivity index (χ2n) is 6.90. The van der Waals surface area contributed by atoms with Crippen molar-refractivity contribution in [3.8, 4) is 0 Å². The van der Waals surface area contributed by atoms with Gasteiger partial charge in [0.25, 0.3) is 0 Å². The molecule has 0 radical (unpaired) electrons. The molecule has 1 amide bonds. The molecule has 1 N–H and O–H groups in total. The Morgan fingerprint density at radius 2 is 1.87 bits per heavy atom. The lowest BCUT2D eigenvalue weighted by molar-refractivity contribution is -0.133. The van der Waals surface area contributed by atoms with Gasteiger partial charge in [0, 0.05) is 25.0 Å². The molecule has 4 heteroatoms. The minimum absolute atomic E-state index is 0.204. The predicted octanol–water partition coefficient (Wildman–Crippen LogP) is 3.28. The number of halogens is 1. The number of hydrogen-bond donors (Lipinski definition) is 1. The summed E-state index contributed by atoms with van der Waals surface area (Å²) in [5.41, 5.74) is 1.10. The monoisotopic (exact) mass is 318 g/mol. The highest BCUT2D eigenvalue weighted by atomic mass is 19.1. The molecule has 2 aliphatic rings. The summed E-state index contributed by atoms with van der Waals surface area (Å²) in [4.78, 5) is 14.9. The molecule has 3 nitrogen and oxygen atoms in total. The van der Waals surface area contributed by atoms with Crippen LogP contribution in [0.15, 0.2) is 24.3 Å². The second kappa shape index (κ2) is 7.91. The Balaban J connectivity index is 1.60. The van der Waals surface area contributed by atoms with Gasteiger partial charge in [0.2, 0.25) is 5.91 Å². The number of rotatable bonds is 6. The largest absolute Gasteiger partial charge is 0.339 e. The average Bonchev–Trinajstić information content (AvgIpc) is 3.23. The first-order valence-electron chi connectivity index (χ1n) is 8.99. The number of hydrogen-bond acceptors (Lipinski definition) is 2. The van der Waals surface area contributed by atoms with E-state index in [9.17, 15) is 9.18 Å². The molecule has 2 fully saturated rings. The number of nitrogens with one attached hydrogen (secondary N) is 1. The fourth-order valence-corrected chi connectivity index (χ4v) is 3.89. The maximum Gasteiger partial charge on any atom is 0.224 e. The number of amides is 1. The van der Waals surface area contributed by atoms with Crippen molar-refractivity contribution in [1.29, 1.82) is 0 Å². The van der Waals surface area contributed by atoms with E-state index in [1.807, 2.05) is 12.1 Å². The molecule has 1 heterocycles. The third-order valence-electron chi connectivity index (χ3n) is 5.22. The van der Waals surface area contributed by atoms with Gasteiger partial charge in [-0.25, -0.2) is 4.39 Å². The van der Waals surface area contributed by atoms with Crippen LogP contribution in [-0.4, -0.2) is 36.0 Å². The maximum atomic E-state index is 13.0. The van der Waals surface area contributed by atoms with Gasteiger partial charge < -0.3 is 10.2 Å². The summed E-state index contributed by atoms with van der Waals surface area (Å²) in [6.07, 6.45) is 8.44. The van der Waals surface area contributed by atoms with Crippen LogP contribution in [0.4, 0.5) is 4.39 Å². The van der Waals surface area contributed by atoms with E-state index in [2.05, 4.69) is 10.2 Å². The van der Waals surface area contributed by atoms with E-state index >= 15 is 0 Å². The third-order valence-corrected chi connectivity index (χ3v) is 5.22. The van der Waals surface area contributed by atoms with Crippen molar-refractivity contribution in [2.75, 3.05) is 13.1 Å². The average molecular weight is 318 g/mol. The number of nitrogens with zero attached hydrogens (tertiary/aromatic N) is 1. The molecule has 0 aromatic heterocycles. The lowest BCUT2D eigenvalue weighted by Crippen LogP contribution is -2.42. The molecule has 23 heavy (non-hydrogen) atoms. The Hall–Kier alpha value is -1.42. The molecule has 1 aromatic carbocycles. The van der Waals surface area contributed by atoms with Crippen LogP contribution in [0.5, 0.6) is 0 Å². The lowest BCUT2D eigenvalue weighted by Gasteiger charge is -2.30. The summed E-state index contributed by atoms with van der Waals surface area (Å²) in [6, 6.07) is 7.41. The van der Waals surface area contributed by atoms with Gasteiger partial charge in [-0.3, -0.25) is 4.79 Å². The van der Waals surface area contributed by atoms with Crippen LogP contribution in [0.25, 0.3) is 0 Å². The van der Waals surface area contributed by atoms with Crippen LogP contribution >= 0.6 is 0 Å². The van der Waals surface area contributed by atoms with Crippen LogP contribution in [0, 0.1) is 5.82 Å². The highest BCUT2D eigenvalue weighted by Gasteiger charge is 2.28. The Labute approximate surface area is 138 Å². The SMILES string of the molecule is O=C(CC1CCCN1)N(CCc1ccc(F)cc1)C1CCCC1. The van der Waals surface area contributed by atoms with Crippen LogP contribution in [0.1, 0.15) is 50.5 Å². The van der Waals surface area contributed by atoms with Crippen molar-refractivity contribution < 1.29 is 9.18 Å². The van der Waals surface area contributed by atoms with Gasteiger partial charge in [0.05, 0.1) is 0 Å². The van der Waals surface area contributed by atoms with Gasteiger partial charge in [0.15, 0.2) is 0 Å². The number of benzene rings is 1. The molecule has 1 aliphatic carbocycles. The molecule has 1 saturated heterocycles. The van der Waals surface area contributed by atoms with Crippen molar-refractivity contribution in [1.82, 2.24) is 10.2 Å². The van der Waals surface area contributed by atoms with Gasteiger partial charge in [-0.15, -0.1) is 0 Å². The molecule has 1 atom stereocenters. The molecule has 1 unspecified atom stereocenters. The second-order valence-corrected chi connectivity index (χ2v) is 6.90. The quantitative estimate of drug-likeness (QED) is 0.873. The van der Waals surface area contributed by atoms with Crippen molar-refractivity contribution in [3.05, 3.63) is 35.6 Å². The molecule has 1 aliphatic heterocycles. The zero-order valence-corrected chi connectivity index (χ0v) is 13.8. The Morgan fingerprint density at radius 3 is 2.52 bits per heavy atom. The summed E-state index contributed by atoms with van der Waals surface area (Å²) < 4.78 is 13.0. The molecule has 126 valence electrons. The molecule has 1 aromatic rings. The summed E-state index contributed by atoms with van der Waals surface area (Å²) in [6.45, 7) is 1.79. The normalized spacial score (nSPS) is 21.7. The first-order valence-corrected chi connectivity index (χ1v) is 8.99. The van der Waals surface area contributed by atoms with Gasteiger partial charge in [-0.05, 0) is 56.3 Å². The minimum atomic E-state index is -0.204. The highest BCUT2D eigenvalue weighted by molar-refractivity contribution is 5.77. The highest BCUT2D eigenvalue weighted by Crippen LogP contribution is 2.25. The van der Waals surface area contributed by atoms with Gasteiger partial charge >= 0.3 is 0 Å². The standard InChI is InChI=1S/C19H27FN2O/c20-16-9-7-15(8-10-16)11-13-22(18-5-1-2-6-18)19(23)14-17-4-3-12-21-17/h7-10,17-18,21H,1-6,11-14H2. The smallest absolute Gasteiger partial charge is 0.224 e. The first-order chi connectivity index (χ1) is 11.2. The topological polar surface area (TPSA) is 32.3 Å². The predicted molar refractivity (Wildman–Crippen MR) is 89.7 cm³/mol. The van der Waals surface area contributed by atoms with Crippen molar-refractivity contribution in [2.45, 2.75) is 63.5 Å². The van der Waals surface area contributed by atoms with E-state index in [4.69, 9.17) is 0 Å². The Kier molecular flexibility index (Phi) is 5.65. The van der Waals surface area contributed by atoms with Gasteiger partial charge in [-0.2, -0.15) is 0 Å². The fraction of sp³-hybridized carbons (Fsp3) is 0.632. The first kappa shape index (κ1) is 16.4. The van der Waals surface area contributed by atoms with Crippen LogP contribution in [0.2, 0.25) is 0 Å². The van der Waals surface area contributed by atoms with E-state index in [1.54, 1.807) is 0 Å². The third kappa shape index (κ3) is 4.54. The molecular weight excluding hydrogens is 291 g/mol. The number of carbonyl (C=O) groups is 1. The molecule has 0 spiro atoms. The van der Waals surface area contributed by atoms with Crippen LogP contribution in [0.3, 0.4) is 0 Å². The van der Waals surface area contributed by atoms with Crippen LogP contribution in [-0.2, 0) is 11.2 Å². The summed E-state index contributed by atoms with van der Waals surface area (Å²) >= 11 is 0. The summed E-state index contributed by atoms with van der Waals surface area (Å²) in [7, 11) is 0. The Bertz CT molecular complexity index is 505. The molecular formula is C19H27FN2O. The van der Waals surface area contributed by atoms with E-state index in [0.717, 1.165) is 44.3 Å².